The Kier molecular flexibility index (Phi) is 5.03. The fourth-order valence-electron chi connectivity index (χ4n) is 1.65. The van der Waals surface area contributed by atoms with Crippen LogP contribution in [-0.2, 0) is 22.7 Å². The van der Waals surface area contributed by atoms with Crippen LogP contribution in [-0.4, -0.2) is 11.1 Å². The number of rotatable bonds is 6. The molecule has 104 valence electrons. The molecule has 1 heterocycles. The number of halogens is 1. The highest BCUT2D eigenvalue weighted by Crippen LogP contribution is 2.20. The lowest BCUT2D eigenvalue weighted by atomic mass is 10.2. The fourth-order valence-corrected chi connectivity index (χ4v) is 2.45. The first-order valence-corrected chi connectivity index (χ1v) is 6.83. The van der Waals surface area contributed by atoms with Crippen LogP contribution in [0.1, 0.15) is 16.0 Å². The summed E-state index contributed by atoms with van der Waals surface area (Å²) in [6.07, 6.45) is 2.61. The maximum atomic E-state index is 13.4. The standard InChI is InChI=1S/C15H13FO3S/c16-13-4-2-1-3-12(13)9-19-10-14-11(7-8-20-14)5-6-15(17)18/h1-8H,9-10H2,(H,17,18). The highest BCUT2D eigenvalue weighted by molar-refractivity contribution is 7.10. The Hall–Kier alpha value is -1.98. The Morgan fingerprint density at radius 2 is 2.10 bits per heavy atom. The Labute approximate surface area is 119 Å². The topological polar surface area (TPSA) is 46.5 Å². The third-order valence-electron chi connectivity index (χ3n) is 2.63. The van der Waals surface area contributed by atoms with E-state index in [4.69, 9.17) is 9.84 Å². The van der Waals surface area contributed by atoms with Crippen LogP contribution in [0.15, 0.2) is 41.8 Å². The highest BCUT2D eigenvalue weighted by atomic mass is 32.1. The molecule has 2 aromatic rings. The zero-order valence-corrected chi connectivity index (χ0v) is 11.4. The Balaban J connectivity index is 1.93. The SMILES string of the molecule is O=C(O)C=Cc1ccsc1COCc1ccccc1F. The number of hydrogen-bond donors (Lipinski definition) is 1. The zero-order chi connectivity index (χ0) is 14.4. The zero-order valence-electron chi connectivity index (χ0n) is 10.6. The minimum atomic E-state index is -0.991. The maximum Gasteiger partial charge on any atom is 0.328 e. The second kappa shape index (κ2) is 6.98. The van der Waals surface area contributed by atoms with Crippen molar-refractivity contribution in [2.45, 2.75) is 13.2 Å². The van der Waals surface area contributed by atoms with E-state index >= 15 is 0 Å². The average molecular weight is 292 g/mol. The van der Waals surface area contributed by atoms with Gasteiger partial charge in [0.1, 0.15) is 5.82 Å². The average Bonchev–Trinajstić information content (AvgIpc) is 2.86. The summed E-state index contributed by atoms with van der Waals surface area (Å²) in [5.74, 6) is -1.28. The predicted molar refractivity (Wildman–Crippen MR) is 75.9 cm³/mol. The van der Waals surface area contributed by atoms with Crippen molar-refractivity contribution in [2.75, 3.05) is 0 Å². The Bertz CT molecular complexity index is 619. The van der Waals surface area contributed by atoms with Crippen LogP contribution in [0.4, 0.5) is 4.39 Å². The molecule has 0 bridgehead atoms. The number of carbonyl (C=O) groups is 1. The monoisotopic (exact) mass is 292 g/mol. The summed E-state index contributed by atoms with van der Waals surface area (Å²) in [5, 5.41) is 10.5. The number of aliphatic carboxylic acids is 1. The minimum Gasteiger partial charge on any atom is -0.478 e. The lowest BCUT2D eigenvalue weighted by Gasteiger charge is -2.05. The Morgan fingerprint density at radius 1 is 1.30 bits per heavy atom. The molecule has 0 saturated carbocycles. The molecule has 0 aliphatic rings. The van der Waals surface area contributed by atoms with E-state index < -0.39 is 5.97 Å². The molecule has 1 aromatic heterocycles. The molecule has 20 heavy (non-hydrogen) atoms. The second-order valence-electron chi connectivity index (χ2n) is 4.05. The first-order valence-electron chi connectivity index (χ1n) is 5.95. The van der Waals surface area contributed by atoms with Crippen molar-refractivity contribution in [1.29, 1.82) is 0 Å². The number of hydrogen-bond acceptors (Lipinski definition) is 3. The van der Waals surface area contributed by atoms with Crippen LogP contribution in [0.2, 0.25) is 0 Å². The fraction of sp³-hybridized carbons (Fsp3) is 0.133. The summed E-state index contributed by atoms with van der Waals surface area (Å²) in [6, 6.07) is 8.28. The summed E-state index contributed by atoms with van der Waals surface area (Å²) < 4.78 is 18.9. The van der Waals surface area contributed by atoms with Crippen LogP contribution in [0.5, 0.6) is 0 Å². The van der Waals surface area contributed by atoms with Gasteiger partial charge < -0.3 is 9.84 Å². The van der Waals surface area contributed by atoms with Gasteiger partial charge in [0.05, 0.1) is 13.2 Å². The van der Waals surface area contributed by atoms with Gasteiger partial charge in [0.25, 0.3) is 0 Å². The maximum absolute atomic E-state index is 13.4. The highest BCUT2D eigenvalue weighted by Gasteiger charge is 2.04. The number of carboxylic acid groups (broad SMARTS) is 1. The van der Waals surface area contributed by atoms with Gasteiger partial charge in [-0.1, -0.05) is 18.2 Å². The Morgan fingerprint density at radius 3 is 2.85 bits per heavy atom. The number of benzene rings is 1. The van der Waals surface area contributed by atoms with E-state index in [0.717, 1.165) is 16.5 Å². The van der Waals surface area contributed by atoms with E-state index in [1.165, 1.54) is 23.5 Å². The molecule has 1 aromatic carbocycles. The third-order valence-corrected chi connectivity index (χ3v) is 3.54. The van der Waals surface area contributed by atoms with Crippen molar-refractivity contribution >= 4 is 23.4 Å². The molecule has 0 fully saturated rings. The molecule has 5 heteroatoms. The molecule has 0 aliphatic heterocycles. The van der Waals surface area contributed by atoms with Gasteiger partial charge in [-0.05, 0) is 29.2 Å². The van der Waals surface area contributed by atoms with E-state index in [9.17, 15) is 9.18 Å². The summed E-state index contributed by atoms with van der Waals surface area (Å²) in [7, 11) is 0. The summed E-state index contributed by atoms with van der Waals surface area (Å²) in [4.78, 5) is 11.4. The lowest BCUT2D eigenvalue weighted by Crippen LogP contribution is -1.96. The largest absolute Gasteiger partial charge is 0.478 e. The number of ether oxygens (including phenoxy) is 1. The number of carboxylic acids is 1. The van der Waals surface area contributed by atoms with E-state index in [0.29, 0.717) is 12.2 Å². The van der Waals surface area contributed by atoms with Crippen molar-refractivity contribution in [1.82, 2.24) is 0 Å². The molecule has 0 spiro atoms. The van der Waals surface area contributed by atoms with Crippen LogP contribution >= 0.6 is 11.3 Å². The van der Waals surface area contributed by atoms with Crippen molar-refractivity contribution in [2.24, 2.45) is 0 Å². The predicted octanol–water partition coefficient (Wildman–Crippen LogP) is 3.70. The van der Waals surface area contributed by atoms with Gasteiger partial charge in [0.2, 0.25) is 0 Å². The third kappa shape index (κ3) is 4.01. The quantitative estimate of drug-likeness (QED) is 0.826. The lowest BCUT2D eigenvalue weighted by molar-refractivity contribution is -0.131. The van der Waals surface area contributed by atoms with Crippen LogP contribution in [0, 0.1) is 5.82 Å². The van der Waals surface area contributed by atoms with Gasteiger partial charge in [0.15, 0.2) is 0 Å². The first kappa shape index (κ1) is 14.4. The van der Waals surface area contributed by atoms with E-state index in [-0.39, 0.29) is 12.4 Å². The molecular weight excluding hydrogens is 279 g/mol. The molecule has 0 radical (unpaired) electrons. The molecule has 2 rings (SSSR count). The smallest absolute Gasteiger partial charge is 0.328 e. The second-order valence-corrected chi connectivity index (χ2v) is 5.06. The van der Waals surface area contributed by atoms with Crippen LogP contribution in [0.3, 0.4) is 0 Å². The van der Waals surface area contributed by atoms with Gasteiger partial charge >= 0.3 is 5.97 Å². The van der Waals surface area contributed by atoms with Crippen LogP contribution in [0.25, 0.3) is 6.08 Å². The van der Waals surface area contributed by atoms with Crippen molar-refractivity contribution in [3.05, 3.63) is 63.6 Å². The van der Waals surface area contributed by atoms with Crippen LogP contribution < -0.4 is 0 Å². The van der Waals surface area contributed by atoms with E-state index in [2.05, 4.69) is 0 Å². The van der Waals surface area contributed by atoms with Crippen molar-refractivity contribution in [3.63, 3.8) is 0 Å². The van der Waals surface area contributed by atoms with Gasteiger partial charge in [0, 0.05) is 16.5 Å². The molecule has 0 saturated heterocycles. The molecule has 0 atom stereocenters. The molecule has 0 unspecified atom stereocenters. The molecule has 0 aliphatic carbocycles. The first-order chi connectivity index (χ1) is 9.66. The van der Waals surface area contributed by atoms with Crippen molar-refractivity contribution in [3.8, 4) is 0 Å². The normalized spacial score (nSPS) is 11.1. The molecular formula is C15H13FO3S. The molecule has 0 amide bonds. The van der Waals surface area contributed by atoms with Gasteiger partial charge in [-0.3, -0.25) is 0 Å². The van der Waals surface area contributed by atoms with Crippen molar-refractivity contribution < 1.29 is 19.0 Å². The van der Waals surface area contributed by atoms with Gasteiger partial charge in [-0.2, -0.15) is 0 Å². The van der Waals surface area contributed by atoms with Gasteiger partial charge in [-0.15, -0.1) is 11.3 Å². The van der Waals surface area contributed by atoms with Gasteiger partial charge in [-0.25, -0.2) is 9.18 Å². The summed E-state index contributed by atoms with van der Waals surface area (Å²) in [6.45, 7) is 0.512. The minimum absolute atomic E-state index is 0.187. The molecule has 1 N–H and O–H groups in total. The van der Waals surface area contributed by atoms with E-state index in [1.807, 2.05) is 11.4 Å². The number of thiophene rings is 1. The van der Waals surface area contributed by atoms with E-state index in [1.54, 1.807) is 18.2 Å². The summed E-state index contributed by atoms with van der Waals surface area (Å²) in [5.41, 5.74) is 1.32. The molecule has 3 nitrogen and oxygen atoms in total. The summed E-state index contributed by atoms with van der Waals surface area (Å²) >= 11 is 1.48.